The molecule has 0 bridgehead atoms. The van der Waals surface area contributed by atoms with Gasteiger partial charge in [0.2, 0.25) is 0 Å². The maximum Gasteiger partial charge on any atom is 0.169 e. The van der Waals surface area contributed by atoms with Gasteiger partial charge in [-0.25, -0.2) is 0 Å². The molecule has 0 saturated carbocycles. The van der Waals surface area contributed by atoms with E-state index in [-0.39, 0.29) is 6.04 Å². The first kappa shape index (κ1) is 13.3. The van der Waals surface area contributed by atoms with Gasteiger partial charge in [0, 0.05) is 18.3 Å². The summed E-state index contributed by atoms with van der Waals surface area (Å²) in [6.45, 7) is 5.20. The van der Waals surface area contributed by atoms with Crippen LogP contribution in [0, 0.1) is 0 Å². The molecule has 18 heavy (non-hydrogen) atoms. The molecule has 2 aromatic rings. The fourth-order valence-electron chi connectivity index (χ4n) is 2.10. The predicted molar refractivity (Wildman–Crippen MR) is 75.5 cm³/mol. The summed E-state index contributed by atoms with van der Waals surface area (Å²) >= 11 is 3.35. The van der Waals surface area contributed by atoms with Crippen molar-refractivity contribution in [2.45, 2.75) is 25.8 Å². The van der Waals surface area contributed by atoms with E-state index in [1.54, 1.807) is 0 Å². The summed E-state index contributed by atoms with van der Waals surface area (Å²) in [5.41, 5.74) is 1.25. The number of aromatic nitrogens is 1. The molecule has 0 aromatic carbocycles. The molecule has 3 nitrogen and oxygen atoms in total. The molecule has 2 heterocycles. The molecule has 0 radical (unpaired) electrons. The van der Waals surface area contributed by atoms with Gasteiger partial charge in [-0.2, -0.15) is 0 Å². The number of nitrogens with zero attached hydrogens (tertiary/aromatic N) is 1. The lowest BCUT2D eigenvalue weighted by Crippen LogP contribution is -2.25. The molecular weight excluding hydrogens is 292 g/mol. The lowest BCUT2D eigenvalue weighted by molar-refractivity contribution is 0.373. The zero-order valence-electron chi connectivity index (χ0n) is 10.6. The Labute approximate surface area is 116 Å². The Morgan fingerprint density at radius 1 is 1.28 bits per heavy atom. The second kappa shape index (κ2) is 6.16. The van der Waals surface area contributed by atoms with Crippen LogP contribution in [-0.4, -0.2) is 11.5 Å². The highest BCUT2D eigenvalue weighted by Crippen LogP contribution is 2.32. The Balaban J connectivity index is 2.25. The standard InChI is InChI=1S/C14H17BrN2O/c1-3-17-14(12-4-5-13(15)18-12)10(2)11-6-8-16-9-7-11/h4-10,14,17H,3H2,1-2H3. The van der Waals surface area contributed by atoms with Crippen LogP contribution in [0.3, 0.4) is 0 Å². The first-order chi connectivity index (χ1) is 8.72. The van der Waals surface area contributed by atoms with Crippen molar-refractivity contribution < 1.29 is 4.42 Å². The summed E-state index contributed by atoms with van der Waals surface area (Å²) in [7, 11) is 0. The first-order valence-electron chi connectivity index (χ1n) is 6.11. The molecule has 2 rings (SSSR count). The minimum absolute atomic E-state index is 0.170. The minimum Gasteiger partial charge on any atom is -0.453 e. The second-order valence-electron chi connectivity index (χ2n) is 4.25. The molecule has 0 aliphatic heterocycles. The summed E-state index contributed by atoms with van der Waals surface area (Å²) < 4.78 is 6.45. The van der Waals surface area contributed by atoms with E-state index in [0.717, 1.165) is 17.0 Å². The highest BCUT2D eigenvalue weighted by Gasteiger charge is 2.22. The fourth-order valence-corrected chi connectivity index (χ4v) is 2.42. The highest BCUT2D eigenvalue weighted by atomic mass is 79.9. The van der Waals surface area contributed by atoms with Crippen molar-refractivity contribution in [3.05, 3.63) is 52.7 Å². The number of nitrogens with one attached hydrogen (secondary N) is 1. The zero-order chi connectivity index (χ0) is 13.0. The van der Waals surface area contributed by atoms with E-state index in [4.69, 9.17) is 4.42 Å². The normalized spacial score (nSPS) is 14.4. The van der Waals surface area contributed by atoms with Gasteiger partial charge in [0.15, 0.2) is 4.67 Å². The van der Waals surface area contributed by atoms with Gasteiger partial charge in [-0.15, -0.1) is 0 Å². The van der Waals surface area contributed by atoms with E-state index in [0.29, 0.717) is 5.92 Å². The monoisotopic (exact) mass is 308 g/mol. The average Bonchev–Trinajstić information content (AvgIpc) is 2.82. The van der Waals surface area contributed by atoms with Crippen LogP contribution in [0.25, 0.3) is 0 Å². The van der Waals surface area contributed by atoms with Gasteiger partial charge in [0.1, 0.15) is 5.76 Å². The van der Waals surface area contributed by atoms with Gasteiger partial charge in [-0.05, 0) is 52.3 Å². The third kappa shape index (κ3) is 3.00. The van der Waals surface area contributed by atoms with Gasteiger partial charge in [-0.3, -0.25) is 4.98 Å². The maximum absolute atomic E-state index is 5.68. The van der Waals surface area contributed by atoms with Crippen LogP contribution in [0.15, 0.2) is 45.7 Å². The molecule has 0 amide bonds. The van der Waals surface area contributed by atoms with E-state index >= 15 is 0 Å². The summed E-state index contributed by atoms with van der Waals surface area (Å²) in [6.07, 6.45) is 3.65. The Hall–Kier alpha value is -1.13. The largest absolute Gasteiger partial charge is 0.453 e. The molecule has 0 spiro atoms. The molecule has 0 saturated heterocycles. The first-order valence-corrected chi connectivity index (χ1v) is 6.90. The second-order valence-corrected chi connectivity index (χ2v) is 5.03. The summed E-state index contributed by atoms with van der Waals surface area (Å²) in [4.78, 5) is 4.06. The number of hydrogen-bond acceptors (Lipinski definition) is 3. The topological polar surface area (TPSA) is 38.1 Å². The number of pyridine rings is 1. The molecule has 0 aliphatic rings. The third-order valence-electron chi connectivity index (χ3n) is 3.06. The van der Waals surface area contributed by atoms with E-state index in [1.165, 1.54) is 5.56 Å². The Morgan fingerprint density at radius 3 is 2.56 bits per heavy atom. The minimum atomic E-state index is 0.170. The van der Waals surface area contributed by atoms with E-state index in [1.807, 2.05) is 36.7 Å². The smallest absolute Gasteiger partial charge is 0.169 e. The van der Waals surface area contributed by atoms with Crippen molar-refractivity contribution >= 4 is 15.9 Å². The SMILES string of the molecule is CCNC(c1ccc(Br)o1)C(C)c1ccncc1. The molecule has 2 atom stereocenters. The van der Waals surface area contributed by atoms with Crippen LogP contribution >= 0.6 is 15.9 Å². The Morgan fingerprint density at radius 2 is 2.00 bits per heavy atom. The van der Waals surface area contributed by atoms with Crippen LogP contribution in [0.5, 0.6) is 0 Å². The number of likely N-dealkylation sites (N-methyl/N-ethyl adjacent to an activating group) is 1. The highest BCUT2D eigenvalue weighted by molar-refractivity contribution is 9.10. The van der Waals surface area contributed by atoms with Gasteiger partial charge in [0.25, 0.3) is 0 Å². The van der Waals surface area contributed by atoms with E-state index in [2.05, 4.69) is 40.1 Å². The molecule has 1 N–H and O–H groups in total. The number of rotatable bonds is 5. The molecule has 0 aliphatic carbocycles. The molecule has 96 valence electrons. The zero-order valence-corrected chi connectivity index (χ0v) is 12.1. The Bertz CT molecular complexity index is 484. The summed E-state index contributed by atoms with van der Waals surface area (Å²) in [6, 6.07) is 8.21. The van der Waals surface area contributed by atoms with Crippen LogP contribution < -0.4 is 5.32 Å². The van der Waals surface area contributed by atoms with Crippen molar-refractivity contribution in [3.8, 4) is 0 Å². The lowest BCUT2D eigenvalue weighted by atomic mass is 9.92. The van der Waals surface area contributed by atoms with Crippen LogP contribution in [0.4, 0.5) is 0 Å². The molecule has 4 heteroatoms. The van der Waals surface area contributed by atoms with Crippen molar-refractivity contribution in [3.63, 3.8) is 0 Å². The fraction of sp³-hybridized carbons (Fsp3) is 0.357. The summed E-state index contributed by atoms with van der Waals surface area (Å²) in [5.74, 6) is 1.28. The van der Waals surface area contributed by atoms with Gasteiger partial charge < -0.3 is 9.73 Å². The van der Waals surface area contributed by atoms with Crippen molar-refractivity contribution in [2.75, 3.05) is 6.54 Å². The van der Waals surface area contributed by atoms with Gasteiger partial charge in [-0.1, -0.05) is 13.8 Å². The molecule has 2 unspecified atom stereocenters. The van der Waals surface area contributed by atoms with E-state index in [9.17, 15) is 0 Å². The van der Waals surface area contributed by atoms with Crippen LogP contribution in [-0.2, 0) is 0 Å². The molecular formula is C14H17BrN2O. The third-order valence-corrected chi connectivity index (χ3v) is 3.48. The average molecular weight is 309 g/mol. The van der Waals surface area contributed by atoms with Crippen molar-refractivity contribution in [2.24, 2.45) is 0 Å². The van der Waals surface area contributed by atoms with E-state index < -0.39 is 0 Å². The number of furan rings is 1. The Kier molecular flexibility index (Phi) is 4.55. The van der Waals surface area contributed by atoms with Crippen molar-refractivity contribution in [1.82, 2.24) is 10.3 Å². The van der Waals surface area contributed by atoms with Crippen LogP contribution in [0.2, 0.25) is 0 Å². The van der Waals surface area contributed by atoms with Gasteiger partial charge >= 0.3 is 0 Å². The van der Waals surface area contributed by atoms with Crippen LogP contribution in [0.1, 0.15) is 37.1 Å². The molecule has 0 fully saturated rings. The number of hydrogen-bond donors (Lipinski definition) is 1. The maximum atomic E-state index is 5.68. The van der Waals surface area contributed by atoms with Crippen molar-refractivity contribution in [1.29, 1.82) is 0 Å². The lowest BCUT2D eigenvalue weighted by Gasteiger charge is -2.23. The predicted octanol–water partition coefficient (Wildman–Crippen LogP) is 3.89. The quantitative estimate of drug-likeness (QED) is 0.910. The molecule has 2 aromatic heterocycles. The number of halogens is 1. The summed E-state index contributed by atoms with van der Waals surface area (Å²) in [5, 5.41) is 3.48. The van der Waals surface area contributed by atoms with Gasteiger partial charge in [0.05, 0.1) is 6.04 Å².